The minimum atomic E-state index is -0.335. The number of rotatable bonds is 4. The lowest BCUT2D eigenvalue weighted by molar-refractivity contribution is 0.253. The quantitative estimate of drug-likeness (QED) is 0.664. The number of ether oxygens (including phenoxy) is 1. The van der Waals surface area contributed by atoms with Crippen molar-refractivity contribution >= 4 is 31.9 Å². The second kappa shape index (κ2) is 10.5. The molecule has 25 heavy (non-hydrogen) atoms. The fourth-order valence-electron chi connectivity index (χ4n) is 1.33. The van der Waals surface area contributed by atoms with Crippen molar-refractivity contribution in [1.29, 1.82) is 10.5 Å². The average molecular weight is 471 g/mol. The molecule has 0 bridgehead atoms. The van der Waals surface area contributed by atoms with Crippen molar-refractivity contribution < 1.29 is 4.74 Å². The number of nitrogens with one attached hydrogen (secondary N) is 1. The molecule has 0 unspecified atom stereocenters. The zero-order chi connectivity index (χ0) is 18.8. The van der Waals surface area contributed by atoms with Crippen LogP contribution in [-0.2, 0) is 0 Å². The molecule has 0 aliphatic carbocycles. The summed E-state index contributed by atoms with van der Waals surface area (Å²) >= 11 is 6.15. The first-order valence-electron chi connectivity index (χ1n) is 6.73. The first kappa shape index (κ1) is 20.7. The molecule has 2 heterocycles. The maximum Gasteiger partial charge on any atom is 0.252 e. The first-order valence-corrected chi connectivity index (χ1v) is 8.32. The van der Waals surface area contributed by atoms with E-state index in [9.17, 15) is 4.79 Å². The molecule has 2 rings (SSSR count). The molecule has 1 N–H and O–H groups in total. The molecule has 0 aromatic carbocycles. The largest absolute Gasteiger partial charge is 0.476 e. The Hall–Kier alpha value is -2.34. The van der Waals surface area contributed by atoms with E-state index in [0.29, 0.717) is 21.7 Å². The third-order valence-electron chi connectivity index (χ3n) is 2.38. The molecule has 2 aromatic heterocycles. The zero-order valence-corrected chi connectivity index (χ0v) is 16.5. The summed E-state index contributed by atoms with van der Waals surface area (Å²) in [7, 11) is 3.92. The van der Waals surface area contributed by atoms with Gasteiger partial charge in [0.05, 0.1) is 0 Å². The summed E-state index contributed by atoms with van der Waals surface area (Å²) in [5.41, 5.74) is -0.335. The van der Waals surface area contributed by atoms with Crippen LogP contribution in [0.3, 0.4) is 0 Å². The van der Waals surface area contributed by atoms with Crippen LogP contribution in [0.2, 0.25) is 0 Å². The van der Waals surface area contributed by atoms with Gasteiger partial charge in [-0.05, 0) is 46.0 Å². The van der Waals surface area contributed by atoms with Crippen LogP contribution in [-0.4, -0.2) is 52.1 Å². The molecular formula is C14H13Br2N7O2. The summed E-state index contributed by atoms with van der Waals surface area (Å²) in [5.74, 6) is 0.527. The molecular weight excluding hydrogens is 458 g/mol. The molecule has 0 atom stereocenters. The number of aromatic nitrogens is 4. The predicted octanol–water partition coefficient (Wildman–Crippen LogP) is 1.46. The highest BCUT2D eigenvalue weighted by Crippen LogP contribution is 2.13. The van der Waals surface area contributed by atoms with Gasteiger partial charge in [0.1, 0.15) is 28.0 Å². The number of likely N-dealkylation sites (N-methyl/N-ethyl adjacent to an activating group) is 1. The van der Waals surface area contributed by atoms with Crippen LogP contribution in [0.4, 0.5) is 0 Å². The van der Waals surface area contributed by atoms with Crippen molar-refractivity contribution in [3.8, 4) is 18.0 Å². The van der Waals surface area contributed by atoms with Crippen molar-refractivity contribution in [2.24, 2.45) is 0 Å². The van der Waals surface area contributed by atoms with Crippen LogP contribution in [0.5, 0.6) is 5.88 Å². The van der Waals surface area contributed by atoms with E-state index in [1.807, 2.05) is 25.1 Å². The van der Waals surface area contributed by atoms with E-state index in [4.69, 9.17) is 15.3 Å². The molecule has 9 nitrogen and oxygen atoms in total. The molecule has 0 spiro atoms. The maximum absolute atomic E-state index is 10.6. The Morgan fingerprint density at radius 2 is 1.84 bits per heavy atom. The third-order valence-corrected chi connectivity index (χ3v) is 3.19. The maximum atomic E-state index is 10.6. The van der Waals surface area contributed by atoms with Gasteiger partial charge >= 0.3 is 0 Å². The van der Waals surface area contributed by atoms with E-state index in [-0.39, 0.29) is 17.2 Å². The number of H-pyrrole nitrogens is 1. The number of nitriles is 2. The standard InChI is InChI=1S/C9H11BrN4O.C5H2BrN3O/c1-14(2)3-4-15-9-5-7(10)12-8(6-11)13-9;6-3-1-5(10)9-4(2-7)8-3/h5H,3-4H2,1-2H3;1H,(H,8,9,10). The monoisotopic (exact) mass is 469 g/mol. The van der Waals surface area contributed by atoms with Crippen LogP contribution in [0.15, 0.2) is 26.1 Å². The number of aromatic amines is 1. The SMILES string of the molecule is CN(C)CCOc1cc(Br)nc(C#N)n1.N#Cc1nc(Br)cc(=O)[nH]1. The second-order valence-electron chi connectivity index (χ2n) is 4.64. The normalized spacial score (nSPS) is 9.56. The fraction of sp³-hybridized carbons (Fsp3) is 0.286. The van der Waals surface area contributed by atoms with Gasteiger partial charge in [0, 0.05) is 18.7 Å². The minimum Gasteiger partial charge on any atom is -0.476 e. The van der Waals surface area contributed by atoms with E-state index in [1.54, 1.807) is 12.1 Å². The van der Waals surface area contributed by atoms with Crippen molar-refractivity contribution in [2.45, 2.75) is 0 Å². The van der Waals surface area contributed by atoms with E-state index in [1.165, 1.54) is 6.07 Å². The highest BCUT2D eigenvalue weighted by Gasteiger charge is 2.03. The van der Waals surface area contributed by atoms with Gasteiger partial charge in [-0.2, -0.15) is 15.5 Å². The smallest absolute Gasteiger partial charge is 0.252 e. The topological polar surface area (TPSA) is 132 Å². The summed E-state index contributed by atoms with van der Waals surface area (Å²) < 4.78 is 6.28. The van der Waals surface area contributed by atoms with Gasteiger partial charge in [-0.25, -0.2) is 9.97 Å². The molecule has 0 saturated heterocycles. The summed E-state index contributed by atoms with van der Waals surface area (Å²) in [6, 6.07) is 6.46. The van der Waals surface area contributed by atoms with Gasteiger partial charge in [-0.15, -0.1) is 0 Å². The molecule has 0 aliphatic rings. The summed E-state index contributed by atoms with van der Waals surface area (Å²) in [4.78, 5) is 26.2. The number of hydrogen-bond acceptors (Lipinski definition) is 8. The summed E-state index contributed by atoms with van der Waals surface area (Å²) in [6.07, 6.45) is 0. The molecule has 0 fully saturated rings. The lowest BCUT2D eigenvalue weighted by Crippen LogP contribution is -2.19. The van der Waals surface area contributed by atoms with Crippen LogP contribution in [0, 0.1) is 22.7 Å². The molecule has 0 radical (unpaired) electrons. The van der Waals surface area contributed by atoms with Gasteiger partial charge in [-0.3, -0.25) is 9.78 Å². The Bertz CT molecular complexity index is 855. The van der Waals surface area contributed by atoms with Crippen LogP contribution < -0.4 is 10.3 Å². The van der Waals surface area contributed by atoms with Crippen LogP contribution in [0.25, 0.3) is 0 Å². The van der Waals surface area contributed by atoms with E-state index < -0.39 is 0 Å². The van der Waals surface area contributed by atoms with Crippen molar-refractivity contribution in [1.82, 2.24) is 24.8 Å². The number of nitrogens with zero attached hydrogens (tertiary/aromatic N) is 6. The van der Waals surface area contributed by atoms with Crippen LogP contribution in [0.1, 0.15) is 11.6 Å². The minimum absolute atomic E-state index is 0.0133. The molecule has 0 saturated carbocycles. The third kappa shape index (κ3) is 8.35. The molecule has 11 heteroatoms. The second-order valence-corrected chi connectivity index (χ2v) is 6.27. The Labute approximate surface area is 160 Å². The van der Waals surface area contributed by atoms with Crippen LogP contribution >= 0.6 is 31.9 Å². The van der Waals surface area contributed by atoms with Crippen molar-refractivity contribution in [3.05, 3.63) is 43.3 Å². The lowest BCUT2D eigenvalue weighted by Gasteiger charge is -2.10. The van der Waals surface area contributed by atoms with E-state index in [2.05, 4.69) is 51.8 Å². The fourth-order valence-corrected chi connectivity index (χ4v) is 2.08. The summed E-state index contributed by atoms with van der Waals surface area (Å²) in [6.45, 7) is 1.32. The van der Waals surface area contributed by atoms with Gasteiger partial charge in [0.15, 0.2) is 0 Å². The van der Waals surface area contributed by atoms with E-state index in [0.717, 1.165) is 6.54 Å². The van der Waals surface area contributed by atoms with Gasteiger partial charge in [-0.1, -0.05) is 0 Å². The van der Waals surface area contributed by atoms with Gasteiger partial charge < -0.3 is 9.64 Å². The highest BCUT2D eigenvalue weighted by molar-refractivity contribution is 9.10. The zero-order valence-electron chi connectivity index (χ0n) is 13.3. The molecule has 0 amide bonds. The van der Waals surface area contributed by atoms with Crippen molar-refractivity contribution in [3.63, 3.8) is 0 Å². The molecule has 130 valence electrons. The predicted molar refractivity (Wildman–Crippen MR) is 95.8 cm³/mol. The molecule has 2 aromatic rings. The van der Waals surface area contributed by atoms with E-state index >= 15 is 0 Å². The molecule has 0 aliphatic heterocycles. The Kier molecular flexibility index (Phi) is 8.70. The van der Waals surface area contributed by atoms with Gasteiger partial charge in [0.2, 0.25) is 17.5 Å². The van der Waals surface area contributed by atoms with Gasteiger partial charge in [0.25, 0.3) is 5.56 Å². The first-order chi connectivity index (χ1) is 11.8. The highest BCUT2D eigenvalue weighted by atomic mass is 79.9. The Balaban J connectivity index is 0.000000271. The van der Waals surface area contributed by atoms with Crippen molar-refractivity contribution in [2.75, 3.05) is 27.2 Å². The number of halogens is 2. The average Bonchev–Trinajstić information content (AvgIpc) is 2.53. The summed E-state index contributed by atoms with van der Waals surface area (Å²) in [5, 5.41) is 16.9. The Morgan fingerprint density at radius 1 is 1.16 bits per heavy atom. The Morgan fingerprint density at radius 3 is 2.40 bits per heavy atom. The number of hydrogen-bond donors (Lipinski definition) is 1. The lowest BCUT2D eigenvalue weighted by atomic mass is 10.5.